The van der Waals surface area contributed by atoms with E-state index in [0.29, 0.717) is 5.41 Å². The van der Waals surface area contributed by atoms with Gasteiger partial charge in [-0.1, -0.05) is 90.0 Å². The summed E-state index contributed by atoms with van der Waals surface area (Å²) in [5.41, 5.74) is 11.0. The minimum atomic E-state index is 0. The fourth-order valence-corrected chi connectivity index (χ4v) is 8.22. The molecule has 5 aliphatic carbocycles. The van der Waals surface area contributed by atoms with E-state index in [2.05, 4.69) is 116 Å². The van der Waals surface area contributed by atoms with E-state index in [4.69, 9.17) is 0 Å². The normalized spacial score (nSPS) is 24.6. The van der Waals surface area contributed by atoms with Crippen LogP contribution in [0.15, 0.2) is 54.6 Å². The molecule has 8 rings (SSSR count). The predicted octanol–water partition coefficient (Wildman–Crippen LogP) is 4.28. The van der Waals surface area contributed by atoms with E-state index in [0.717, 1.165) is 24.2 Å². The third-order valence-electron chi connectivity index (χ3n) is 9.78. The van der Waals surface area contributed by atoms with Crippen molar-refractivity contribution in [3.63, 3.8) is 0 Å². The second-order valence-electron chi connectivity index (χ2n) is 15.7. The van der Waals surface area contributed by atoms with Crippen LogP contribution in [-0.4, -0.2) is 3.21 Å². The van der Waals surface area contributed by atoms with Gasteiger partial charge in [-0.3, -0.25) is 0 Å². The van der Waals surface area contributed by atoms with Crippen molar-refractivity contribution in [1.29, 1.82) is 0 Å². The van der Waals surface area contributed by atoms with Gasteiger partial charge in [-0.2, -0.15) is 47.5 Å². The van der Waals surface area contributed by atoms with Crippen molar-refractivity contribution < 1.29 is 49.0 Å². The first-order chi connectivity index (χ1) is 18.7. The SMILES string of the molecule is CC(C)(C)c1[c-]c2c(cc1)-c1ccc(C(C)(C)C)cc1C2.C[C](C)=[Zr+2].[Cl-].[Cl-].c1cc(C23CC4CC(CC(C4)C2)C3)c[cH-]1. The molecule has 226 valence electrons. The van der Waals surface area contributed by atoms with Crippen LogP contribution in [0.25, 0.3) is 11.1 Å². The van der Waals surface area contributed by atoms with Crippen LogP contribution < -0.4 is 24.8 Å². The van der Waals surface area contributed by atoms with Gasteiger partial charge in [-0.05, 0) is 65.4 Å². The molecular weight excluding hydrogens is 631 g/mol. The molecule has 0 unspecified atom stereocenters. The fraction of sp³-hybridized carbons (Fsp3) is 0.538. The maximum atomic E-state index is 3.67. The van der Waals surface area contributed by atoms with Gasteiger partial charge in [0.05, 0.1) is 0 Å². The molecule has 0 atom stereocenters. The smallest absolute Gasteiger partial charge is 0.0411 e. The Kier molecular flexibility index (Phi) is 11.6. The third-order valence-corrected chi connectivity index (χ3v) is 9.78. The zero-order chi connectivity index (χ0) is 28.9. The molecule has 3 heteroatoms. The summed E-state index contributed by atoms with van der Waals surface area (Å²) in [6.45, 7) is 17.8. The molecule has 3 aromatic carbocycles. The van der Waals surface area contributed by atoms with Crippen molar-refractivity contribution in [2.75, 3.05) is 0 Å². The van der Waals surface area contributed by atoms with Crippen LogP contribution in [0.5, 0.6) is 0 Å². The van der Waals surface area contributed by atoms with Crippen LogP contribution in [-0.2, 0) is 46.9 Å². The van der Waals surface area contributed by atoms with Crippen LogP contribution in [0.3, 0.4) is 0 Å². The summed E-state index contributed by atoms with van der Waals surface area (Å²) in [6.07, 6.45) is 10.2. The summed E-state index contributed by atoms with van der Waals surface area (Å²) in [6, 6.07) is 24.4. The number of benzene rings is 2. The molecule has 0 nitrogen and oxygen atoms in total. The maximum absolute atomic E-state index is 3.67. The van der Waals surface area contributed by atoms with E-state index in [1.165, 1.54) is 55.8 Å². The van der Waals surface area contributed by atoms with Gasteiger partial charge < -0.3 is 24.8 Å². The summed E-state index contributed by atoms with van der Waals surface area (Å²) >= 11 is 1.55. The number of hydrogen-bond acceptors (Lipinski definition) is 0. The van der Waals surface area contributed by atoms with E-state index in [-0.39, 0.29) is 35.6 Å². The Morgan fingerprint density at radius 3 is 1.83 bits per heavy atom. The fourth-order valence-electron chi connectivity index (χ4n) is 8.22. The molecule has 0 radical (unpaired) electrons. The van der Waals surface area contributed by atoms with Crippen molar-refractivity contribution >= 4 is 3.21 Å². The molecule has 0 saturated heterocycles. The molecule has 0 amide bonds. The van der Waals surface area contributed by atoms with Crippen molar-refractivity contribution in [1.82, 2.24) is 0 Å². The molecule has 42 heavy (non-hydrogen) atoms. The summed E-state index contributed by atoms with van der Waals surface area (Å²) in [7, 11) is 0. The number of rotatable bonds is 1. The van der Waals surface area contributed by atoms with Crippen molar-refractivity contribution in [2.24, 2.45) is 17.8 Å². The standard InChI is InChI=1S/C21H25.C15H19.C3H6.2ClH.Zr/c1-20(2,3)16-7-9-18-14(12-16)11-15-13-17(21(4,5)6)8-10-19(15)18;1-2-4-14(3-1)15-8-11-5-12(9-15)7-13(6-11)10-15;1-3-2;;;/h7-10,12H,11H2,1-6H3;1-4,11-13H,5-10H2;1-2H3;2*1H;/q2*-1;;;;+2/p-2. The molecule has 4 bridgehead atoms. The summed E-state index contributed by atoms with van der Waals surface area (Å²) < 4.78 is 1.51. The third kappa shape index (κ3) is 7.85. The number of halogens is 2. The molecule has 0 aliphatic heterocycles. The molecule has 0 spiro atoms. The van der Waals surface area contributed by atoms with Gasteiger partial charge in [0.1, 0.15) is 0 Å². The quantitative estimate of drug-likeness (QED) is 0.264. The molecule has 0 aromatic heterocycles. The van der Waals surface area contributed by atoms with E-state index >= 15 is 0 Å². The van der Waals surface area contributed by atoms with Gasteiger partial charge >= 0.3 is 41.3 Å². The zero-order valence-electron chi connectivity index (χ0n) is 27.1. The van der Waals surface area contributed by atoms with Crippen LogP contribution in [0.1, 0.15) is 122 Å². The topological polar surface area (TPSA) is 0 Å². The Bertz CT molecular complexity index is 1250. The van der Waals surface area contributed by atoms with Gasteiger partial charge in [0, 0.05) is 0 Å². The predicted molar refractivity (Wildman–Crippen MR) is 169 cm³/mol. The van der Waals surface area contributed by atoms with Gasteiger partial charge in [0.25, 0.3) is 0 Å². The monoisotopic (exact) mass is 678 g/mol. The molecule has 0 N–H and O–H groups in total. The van der Waals surface area contributed by atoms with E-state index in [1.807, 2.05) is 0 Å². The van der Waals surface area contributed by atoms with Crippen LogP contribution in [0.4, 0.5) is 0 Å². The van der Waals surface area contributed by atoms with Crippen molar-refractivity contribution in [3.8, 4) is 11.1 Å². The Morgan fingerprint density at radius 1 is 0.810 bits per heavy atom. The van der Waals surface area contributed by atoms with Gasteiger partial charge in [-0.25, -0.2) is 6.07 Å². The molecule has 0 heterocycles. The Hall–Kier alpha value is -0.877. The average Bonchev–Trinajstić information content (AvgIpc) is 3.50. The first-order valence-corrected chi connectivity index (χ1v) is 16.9. The second-order valence-corrected chi connectivity index (χ2v) is 18.1. The van der Waals surface area contributed by atoms with Gasteiger partial charge in [-0.15, -0.1) is 11.1 Å². The van der Waals surface area contributed by atoms with E-state index in [9.17, 15) is 0 Å². The Labute approximate surface area is 284 Å². The summed E-state index contributed by atoms with van der Waals surface area (Å²) in [5, 5.41) is 0. The first kappa shape index (κ1) is 35.6. The summed E-state index contributed by atoms with van der Waals surface area (Å²) in [4.78, 5) is 0. The summed E-state index contributed by atoms with van der Waals surface area (Å²) in [5.74, 6) is 3.23. The van der Waals surface area contributed by atoms with Crippen LogP contribution >= 0.6 is 0 Å². The van der Waals surface area contributed by atoms with Crippen molar-refractivity contribution in [3.05, 3.63) is 88.5 Å². The Balaban J connectivity index is 0.000000202. The molecule has 5 aliphatic rings. The molecule has 4 fully saturated rings. The van der Waals surface area contributed by atoms with E-state index < -0.39 is 0 Å². The minimum Gasteiger partial charge on any atom is -1.00 e. The number of fused-ring (bicyclic) bond motifs is 3. The minimum absolute atomic E-state index is 0. The van der Waals surface area contributed by atoms with Crippen LogP contribution in [0.2, 0.25) is 0 Å². The van der Waals surface area contributed by atoms with Gasteiger partial charge in [0.2, 0.25) is 0 Å². The molecule has 4 saturated carbocycles. The van der Waals surface area contributed by atoms with Crippen molar-refractivity contribution in [2.45, 2.75) is 117 Å². The van der Waals surface area contributed by atoms with Crippen LogP contribution in [0, 0.1) is 23.8 Å². The van der Waals surface area contributed by atoms with E-state index in [1.54, 1.807) is 49.1 Å². The van der Waals surface area contributed by atoms with Gasteiger partial charge in [0.15, 0.2) is 0 Å². The Morgan fingerprint density at radius 2 is 1.36 bits per heavy atom. The molecule has 3 aromatic rings. The largest absolute Gasteiger partial charge is 1.00 e. The molecular formula is C39H50Cl2Zr-2. The average molecular weight is 681 g/mol. The second kappa shape index (κ2) is 13.6. The zero-order valence-corrected chi connectivity index (χ0v) is 31.1. The first-order valence-electron chi connectivity index (χ1n) is 15.7. The number of hydrogen-bond donors (Lipinski definition) is 0. The maximum Gasteiger partial charge on any atom is -0.0411 e.